The van der Waals surface area contributed by atoms with E-state index in [4.69, 9.17) is 18.4 Å². The van der Waals surface area contributed by atoms with E-state index in [1.54, 1.807) is 6.92 Å². The first kappa shape index (κ1) is 17.5. The average molecular weight is 276 g/mol. The molecule has 0 heterocycles. The number of ketones is 1. The van der Waals surface area contributed by atoms with Crippen molar-refractivity contribution in [1.82, 2.24) is 0 Å². The normalized spacial score (nSPS) is 13.3. The second-order valence-corrected chi connectivity index (χ2v) is 6.42. The molecule has 0 aromatic heterocycles. The minimum Gasteiger partial charge on any atom is -0.396 e. The van der Waals surface area contributed by atoms with E-state index in [9.17, 15) is 4.79 Å². The van der Waals surface area contributed by atoms with Crippen molar-refractivity contribution >= 4 is 14.6 Å². The van der Waals surface area contributed by atoms with Gasteiger partial charge in [0.05, 0.1) is 0 Å². The van der Waals surface area contributed by atoms with E-state index in [-0.39, 0.29) is 12.4 Å². The Bertz CT molecular complexity index is 251. The van der Waals surface area contributed by atoms with Gasteiger partial charge in [0.25, 0.3) is 0 Å². The summed E-state index contributed by atoms with van der Waals surface area (Å²) in [6.45, 7) is 9.73. The van der Waals surface area contributed by atoms with Crippen LogP contribution in [0.5, 0.6) is 0 Å². The smallest absolute Gasteiger partial charge is 0.396 e. The quantitative estimate of drug-likeness (QED) is 0.458. The van der Waals surface area contributed by atoms with Gasteiger partial charge < -0.3 is 18.4 Å². The average Bonchev–Trinajstić information content (AvgIpc) is 2.36. The highest BCUT2D eigenvalue weighted by molar-refractivity contribution is 6.61. The summed E-state index contributed by atoms with van der Waals surface area (Å²) < 4.78 is 17.0. The zero-order valence-corrected chi connectivity index (χ0v) is 12.5. The first-order valence-electron chi connectivity index (χ1n) is 6.28. The fourth-order valence-corrected chi connectivity index (χ4v) is 4.29. The molecule has 106 valence electrons. The van der Waals surface area contributed by atoms with Crippen LogP contribution in [0, 0.1) is 0 Å². The van der Waals surface area contributed by atoms with Gasteiger partial charge in [0.15, 0.2) is 5.78 Å². The summed E-state index contributed by atoms with van der Waals surface area (Å²) in [4.78, 5) is 11.5. The third-order valence-electron chi connectivity index (χ3n) is 2.33. The molecule has 0 radical (unpaired) electrons. The van der Waals surface area contributed by atoms with Gasteiger partial charge in [-0.2, -0.15) is 0 Å². The molecule has 0 amide bonds. The van der Waals surface area contributed by atoms with Gasteiger partial charge >= 0.3 is 8.80 Å². The summed E-state index contributed by atoms with van der Waals surface area (Å²) in [6.07, 6.45) is 1.13. The molecule has 0 aromatic rings. The zero-order chi connectivity index (χ0) is 14.0. The molecular formula is C12H24O5Si. The molecule has 0 saturated heterocycles. The Morgan fingerprint density at radius 2 is 1.94 bits per heavy atom. The third-order valence-corrected chi connectivity index (χ3v) is 5.46. The van der Waals surface area contributed by atoms with E-state index < -0.39 is 14.9 Å². The first-order valence-corrected chi connectivity index (χ1v) is 8.21. The molecule has 1 N–H and O–H groups in total. The molecule has 6 heteroatoms. The van der Waals surface area contributed by atoms with Crippen LogP contribution in [0.3, 0.4) is 0 Å². The van der Waals surface area contributed by atoms with Gasteiger partial charge in [-0.25, -0.2) is 0 Å². The van der Waals surface area contributed by atoms with E-state index in [0.29, 0.717) is 25.7 Å². The van der Waals surface area contributed by atoms with Crippen molar-refractivity contribution in [2.75, 3.05) is 19.8 Å². The molecule has 0 bridgehead atoms. The number of carbonyl (C=O) groups excluding carboxylic acids is 1. The Kier molecular flexibility index (Phi) is 9.13. The van der Waals surface area contributed by atoms with Crippen molar-refractivity contribution in [1.29, 1.82) is 0 Å². The fourth-order valence-electron chi connectivity index (χ4n) is 1.54. The zero-order valence-electron chi connectivity index (χ0n) is 11.5. The lowest BCUT2D eigenvalue weighted by Crippen LogP contribution is -2.49. The third kappa shape index (κ3) is 5.88. The summed E-state index contributed by atoms with van der Waals surface area (Å²) in [5.41, 5.74) is 0. The number of aliphatic hydroxyl groups is 1. The van der Waals surface area contributed by atoms with Crippen LogP contribution in [-0.2, 0) is 18.1 Å². The van der Waals surface area contributed by atoms with E-state index in [1.807, 2.05) is 13.8 Å². The van der Waals surface area contributed by atoms with Crippen LogP contribution >= 0.6 is 0 Å². The van der Waals surface area contributed by atoms with E-state index in [2.05, 4.69) is 6.58 Å². The lowest BCUT2D eigenvalue weighted by Gasteiger charge is -2.30. The first-order chi connectivity index (χ1) is 8.55. The number of hydrogen-bond donors (Lipinski definition) is 1. The number of carbonyl (C=O) groups is 1. The van der Waals surface area contributed by atoms with Gasteiger partial charge in [-0.05, 0) is 33.3 Å². The molecule has 0 aromatic carbocycles. The van der Waals surface area contributed by atoms with Crippen LogP contribution in [0.1, 0.15) is 27.2 Å². The Balaban J connectivity index is 4.78. The van der Waals surface area contributed by atoms with Crippen molar-refractivity contribution < 1.29 is 23.2 Å². The second kappa shape index (κ2) is 9.40. The van der Waals surface area contributed by atoms with Crippen molar-refractivity contribution in [2.24, 2.45) is 0 Å². The SMILES string of the molecule is C=CC(=O)C(C)O[Si](CCCO)(OCC)OCC. The number of aliphatic hydroxyl groups excluding tert-OH is 1. The maximum absolute atomic E-state index is 11.5. The summed E-state index contributed by atoms with van der Waals surface area (Å²) in [6, 6.07) is 0.500. The number of hydrogen-bond acceptors (Lipinski definition) is 5. The van der Waals surface area contributed by atoms with Crippen LogP contribution in [0.4, 0.5) is 0 Å². The largest absolute Gasteiger partial charge is 0.501 e. The Morgan fingerprint density at radius 1 is 1.39 bits per heavy atom. The minimum absolute atomic E-state index is 0.0437. The van der Waals surface area contributed by atoms with Crippen molar-refractivity contribution in [3.63, 3.8) is 0 Å². The molecule has 1 atom stereocenters. The Hall–Kier alpha value is -0.533. The Morgan fingerprint density at radius 3 is 2.33 bits per heavy atom. The molecule has 0 aliphatic carbocycles. The topological polar surface area (TPSA) is 65.0 Å². The monoisotopic (exact) mass is 276 g/mol. The lowest BCUT2D eigenvalue weighted by atomic mass is 10.3. The lowest BCUT2D eigenvalue weighted by molar-refractivity contribution is -0.122. The second-order valence-electron chi connectivity index (χ2n) is 3.74. The molecule has 0 rings (SSSR count). The Labute approximate surface area is 110 Å². The van der Waals surface area contributed by atoms with Crippen LogP contribution in [-0.4, -0.2) is 45.6 Å². The highest BCUT2D eigenvalue weighted by Crippen LogP contribution is 2.20. The van der Waals surface area contributed by atoms with Gasteiger partial charge in [0, 0.05) is 25.9 Å². The van der Waals surface area contributed by atoms with Crippen LogP contribution in [0.2, 0.25) is 6.04 Å². The van der Waals surface area contributed by atoms with Crippen LogP contribution in [0.25, 0.3) is 0 Å². The highest BCUT2D eigenvalue weighted by atomic mass is 28.4. The minimum atomic E-state index is -2.89. The van der Waals surface area contributed by atoms with E-state index in [0.717, 1.165) is 0 Å². The van der Waals surface area contributed by atoms with E-state index >= 15 is 0 Å². The highest BCUT2D eigenvalue weighted by Gasteiger charge is 2.42. The fraction of sp³-hybridized carbons (Fsp3) is 0.750. The van der Waals surface area contributed by atoms with Crippen molar-refractivity contribution in [2.45, 2.75) is 39.3 Å². The molecular weight excluding hydrogens is 252 g/mol. The van der Waals surface area contributed by atoms with Crippen LogP contribution in [0.15, 0.2) is 12.7 Å². The molecule has 1 unspecified atom stereocenters. The molecule has 0 fully saturated rings. The maximum Gasteiger partial charge on any atom is 0.501 e. The predicted molar refractivity (Wildman–Crippen MR) is 71.3 cm³/mol. The van der Waals surface area contributed by atoms with Gasteiger partial charge in [-0.3, -0.25) is 4.79 Å². The summed E-state index contributed by atoms with van der Waals surface area (Å²) in [7, 11) is -2.89. The van der Waals surface area contributed by atoms with Gasteiger partial charge in [0.1, 0.15) is 6.10 Å². The molecule has 0 aliphatic rings. The molecule has 0 aliphatic heterocycles. The molecule has 5 nitrogen and oxygen atoms in total. The molecule has 0 spiro atoms. The predicted octanol–water partition coefficient (Wildman–Crippen LogP) is 1.54. The van der Waals surface area contributed by atoms with Gasteiger partial charge in [-0.15, -0.1) is 0 Å². The van der Waals surface area contributed by atoms with Gasteiger partial charge in [-0.1, -0.05) is 6.58 Å². The van der Waals surface area contributed by atoms with Gasteiger partial charge in [0.2, 0.25) is 0 Å². The maximum atomic E-state index is 11.5. The number of rotatable bonds is 11. The summed E-state index contributed by atoms with van der Waals surface area (Å²) in [5, 5.41) is 8.93. The molecule has 0 saturated carbocycles. The molecule has 18 heavy (non-hydrogen) atoms. The van der Waals surface area contributed by atoms with Crippen LogP contribution < -0.4 is 0 Å². The van der Waals surface area contributed by atoms with E-state index in [1.165, 1.54) is 6.08 Å². The summed E-state index contributed by atoms with van der Waals surface area (Å²) in [5.74, 6) is -0.199. The summed E-state index contributed by atoms with van der Waals surface area (Å²) >= 11 is 0. The van der Waals surface area contributed by atoms with Crippen molar-refractivity contribution in [3.8, 4) is 0 Å². The van der Waals surface area contributed by atoms with Crippen molar-refractivity contribution in [3.05, 3.63) is 12.7 Å². The standard InChI is InChI=1S/C12H24O5Si/c1-5-12(14)11(4)17-18(15-6-2,16-7-3)10-8-9-13/h5,11,13H,1,6-10H2,2-4H3.